The highest BCUT2D eigenvalue weighted by molar-refractivity contribution is 5.95. The van der Waals surface area contributed by atoms with E-state index in [0.29, 0.717) is 31.2 Å². The molecule has 0 aliphatic heterocycles. The molecule has 8 N–H and O–H groups in total. The summed E-state index contributed by atoms with van der Waals surface area (Å²) < 4.78 is 0. The lowest BCUT2D eigenvalue weighted by Gasteiger charge is -2.27. The number of carbonyl (C=O) groups is 6. The summed E-state index contributed by atoms with van der Waals surface area (Å²) in [6.45, 7) is 4.99. The first kappa shape index (κ1) is 33.0. The minimum Gasteiger partial charge on any atom is -0.508 e. The molecule has 0 spiro atoms. The monoisotopic (exact) mass is 549 g/mol. The van der Waals surface area contributed by atoms with E-state index in [2.05, 4.69) is 21.3 Å². The van der Waals surface area contributed by atoms with E-state index < -0.39 is 66.1 Å². The molecular formula is C26H39N5O8. The fraction of sp³-hybridized carbons (Fsp3) is 0.538. The van der Waals surface area contributed by atoms with Crippen LogP contribution in [0.3, 0.4) is 0 Å². The topological polar surface area (TPSA) is 217 Å². The fourth-order valence-corrected chi connectivity index (χ4v) is 3.74. The number of hydrogen-bond donors (Lipinski definition) is 7. The number of rotatable bonds is 17. The Morgan fingerprint density at radius 2 is 1.51 bits per heavy atom. The average molecular weight is 550 g/mol. The van der Waals surface area contributed by atoms with E-state index in [4.69, 9.17) is 10.8 Å². The van der Waals surface area contributed by atoms with Gasteiger partial charge in [0.2, 0.25) is 23.6 Å². The minimum absolute atomic E-state index is 0.0447. The molecule has 0 aromatic heterocycles. The van der Waals surface area contributed by atoms with Gasteiger partial charge < -0.3 is 42.0 Å². The molecule has 0 saturated carbocycles. The summed E-state index contributed by atoms with van der Waals surface area (Å²) in [5, 5.41) is 28.6. The Labute approximate surface area is 227 Å². The fourth-order valence-electron chi connectivity index (χ4n) is 3.74. The summed E-state index contributed by atoms with van der Waals surface area (Å²) in [4.78, 5) is 73.1. The number of nitrogens with two attached hydrogens (primary N) is 1. The number of hydrogen-bond acceptors (Lipinski definition) is 8. The number of carboxylic acid groups (broad SMARTS) is 1. The van der Waals surface area contributed by atoms with Crippen LogP contribution in [0.5, 0.6) is 5.75 Å². The molecule has 39 heavy (non-hydrogen) atoms. The molecule has 1 rings (SSSR count). The van der Waals surface area contributed by atoms with Crippen molar-refractivity contribution in [1.29, 1.82) is 0 Å². The van der Waals surface area contributed by atoms with Gasteiger partial charge in [0.25, 0.3) is 0 Å². The van der Waals surface area contributed by atoms with Gasteiger partial charge in [0.05, 0.1) is 12.5 Å². The van der Waals surface area contributed by atoms with Gasteiger partial charge in [-0.05, 0) is 49.4 Å². The standard InChI is InChI=1S/C26H39N5O8/c1-15(2)23(31-25(38)21(28-16(3)33)12-17-7-9-19(34)10-8-17)26(39)30-20(6-4-5-11-27)24(37)29-18(14-32)13-22(35)36/h7-10,14-15,18,20-21,23,34H,4-6,11-13,27H2,1-3H3,(H,28,33)(H,29,37)(H,30,39)(H,31,38)(H,35,36)/t18-,20-,21-,23-/m0/s1. The van der Waals surface area contributed by atoms with Crippen molar-refractivity contribution >= 4 is 35.9 Å². The predicted molar refractivity (Wildman–Crippen MR) is 141 cm³/mol. The Hall–Kier alpha value is -4.00. The molecule has 1 aromatic rings. The molecule has 0 fully saturated rings. The van der Waals surface area contributed by atoms with Crippen molar-refractivity contribution < 1.29 is 39.0 Å². The van der Waals surface area contributed by atoms with E-state index in [-0.39, 0.29) is 18.6 Å². The van der Waals surface area contributed by atoms with Crippen LogP contribution in [-0.4, -0.2) is 76.8 Å². The van der Waals surface area contributed by atoms with E-state index in [1.54, 1.807) is 26.0 Å². The summed E-state index contributed by atoms with van der Waals surface area (Å²) in [7, 11) is 0. The first-order valence-electron chi connectivity index (χ1n) is 12.7. The molecule has 0 heterocycles. The number of unbranched alkanes of at least 4 members (excludes halogenated alkanes) is 1. The van der Waals surface area contributed by atoms with Gasteiger partial charge in [0, 0.05) is 13.3 Å². The maximum Gasteiger partial charge on any atom is 0.305 e. The Kier molecular flexibility index (Phi) is 14.2. The number of benzene rings is 1. The molecule has 0 aliphatic rings. The lowest BCUT2D eigenvalue weighted by Crippen LogP contribution is -2.59. The van der Waals surface area contributed by atoms with Crippen molar-refractivity contribution in [2.45, 2.75) is 77.0 Å². The molecule has 0 unspecified atom stereocenters. The van der Waals surface area contributed by atoms with Crippen molar-refractivity contribution in [3.05, 3.63) is 29.8 Å². The molecule has 4 atom stereocenters. The summed E-state index contributed by atoms with van der Waals surface area (Å²) in [6, 6.07) is 1.61. The molecule has 13 nitrogen and oxygen atoms in total. The number of phenolic OH excluding ortho intramolecular Hbond substituents is 1. The molecule has 0 bridgehead atoms. The Balaban J connectivity index is 3.05. The van der Waals surface area contributed by atoms with E-state index in [1.807, 2.05) is 0 Å². The van der Waals surface area contributed by atoms with Crippen LogP contribution in [-0.2, 0) is 35.2 Å². The number of aromatic hydroxyl groups is 1. The smallest absolute Gasteiger partial charge is 0.305 e. The molecule has 0 saturated heterocycles. The number of aldehydes is 1. The number of carbonyl (C=O) groups excluding carboxylic acids is 5. The number of carboxylic acids is 1. The van der Waals surface area contributed by atoms with Crippen molar-refractivity contribution in [3.8, 4) is 5.75 Å². The van der Waals surface area contributed by atoms with Crippen LogP contribution in [0, 0.1) is 5.92 Å². The van der Waals surface area contributed by atoms with Gasteiger partial charge in [-0.25, -0.2) is 0 Å². The molecule has 4 amide bonds. The summed E-state index contributed by atoms with van der Waals surface area (Å²) in [6.07, 6.45) is 0.981. The van der Waals surface area contributed by atoms with Crippen LogP contribution in [0.25, 0.3) is 0 Å². The van der Waals surface area contributed by atoms with Gasteiger partial charge in [-0.3, -0.25) is 24.0 Å². The summed E-state index contributed by atoms with van der Waals surface area (Å²) in [5.74, 6) is -4.14. The second-order valence-electron chi connectivity index (χ2n) is 9.55. The number of phenols is 1. The minimum atomic E-state index is -1.28. The van der Waals surface area contributed by atoms with Crippen LogP contribution in [0.15, 0.2) is 24.3 Å². The number of nitrogens with one attached hydrogen (secondary N) is 4. The normalized spacial score (nSPS) is 13.9. The predicted octanol–water partition coefficient (Wildman–Crippen LogP) is -0.648. The molecular weight excluding hydrogens is 510 g/mol. The van der Waals surface area contributed by atoms with Crippen LogP contribution in [0.4, 0.5) is 0 Å². The first-order valence-corrected chi connectivity index (χ1v) is 12.7. The molecule has 0 radical (unpaired) electrons. The maximum atomic E-state index is 13.2. The highest BCUT2D eigenvalue weighted by Gasteiger charge is 2.32. The third kappa shape index (κ3) is 12.4. The van der Waals surface area contributed by atoms with E-state index >= 15 is 0 Å². The zero-order chi connectivity index (χ0) is 29.5. The quantitative estimate of drug-likeness (QED) is 0.0969. The van der Waals surface area contributed by atoms with E-state index in [0.717, 1.165) is 0 Å². The zero-order valence-electron chi connectivity index (χ0n) is 22.4. The van der Waals surface area contributed by atoms with Crippen molar-refractivity contribution in [2.75, 3.05) is 6.54 Å². The van der Waals surface area contributed by atoms with Crippen molar-refractivity contribution in [3.63, 3.8) is 0 Å². The van der Waals surface area contributed by atoms with Gasteiger partial charge in [0.1, 0.15) is 30.2 Å². The van der Waals surface area contributed by atoms with Gasteiger partial charge >= 0.3 is 5.97 Å². The first-order chi connectivity index (χ1) is 18.4. The second kappa shape index (κ2) is 16.8. The number of amides is 4. The van der Waals surface area contributed by atoms with E-state index in [9.17, 15) is 33.9 Å². The summed E-state index contributed by atoms with van der Waals surface area (Å²) in [5.41, 5.74) is 6.19. The molecule has 1 aromatic carbocycles. The lowest BCUT2D eigenvalue weighted by molar-refractivity contribution is -0.139. The second-order valence-corrected chi connectivity index (χ2v) is 9.55. The summed E-state index contributed by atoms with van der Waals surface area (Å²) >= 11 is 0. The van der Waals surface area contributed by atoms with Crippen LogP contribution in [0.1, 0.15) is 52.0 Å². The maximum absolute atomic E-state index is 13.2. The van der Waals surface area contributed by atoms with Gasteiger partial charge in [-0.15, -0.1) is 0 Å². The van der Waals surface area contributed by atoms with Gasteiger partial charge in [-0.2, -0.15) is 0 Å². The Morgan fingerprint density at radius 3 is 2.03 bits per heavy atom. The Morgan fingerprint density at radius 1 is 0.897 bits per heavy atom. The SMILES string of the molecule is CC(=O)N[C@@H](Cc1ccc(O)cc1)C(=O)N[C@H](C(=O)N[C@@H](CCCCN)C(=O)N[C@H](C=O)CC(=O)O)C(C)C. The average Bonchev–Trinajstić information content (AvgIpc) is 2.86. The number of aliphatic carboxylic acids is 1. The highest BCUT2D eigenvalue weighted by atomic mass is 16.4. The van der Waals surface area contributed by atoms with Crippen molar-refractivity contribution in [2.24, 2.45) is 11.7 Å². The third-order valence-corrected chi connectivity index (χ3v) is 5.78. The van der Waals surface area contributed by atoms with E-state index in [1.165, 1.54) is 19.1 Å². The zero-order valence-corrected chi connectivity index (χ0v) is 22.4. The molecule has 13 heteroatoms. The lowest BCUT2D eigenvalue weighted by atomic mass is 9.99. The van der Waals surface area contributed by atoms with Crippen LogP contribution >= 0.6 is 0 Å². The van der Waals surface area contributed by atoms with Gasteiger partial charge in [-0.1, -0.05) is 26.0 Å². The molecule has 216 valence electrons. The third-order valence-electron chi connectivity index (χ3n) is 5.78. The Bertz CT molecular complexity index is 999. The van der Waals surface area contributed by atoms with Crippen molar-refractivity contribution in [1.82, 2.24) is 21.3 Å². The highest BCUT2D eigenvalue weighted by Crippen LogP contribution is 2.12. The van der Waals surface area contributed by atoms with Gasteiger partial charge in [0.15, 0.2) is 0 Å². The van der Waals surface area contributed by atoms with Crippen LogP contribution in [0.2, 0.25) is 0 Å². The largest absolute Gasteiger partial charge is 0.508 e. The molecule has 0 aliphatic carbocycles. The van der Waals surface area contributed by atoms with Crippen LogP contribution < -0.4 is 27.0 Å².